The highest BCUT2D eigenvalue weighted by Gasteiger charge is 2.07. The van der Waals surface area contributed by atoms with Crippen LogP contribution >= 0.6 is 11.6 Å². The van der Waals surface area contributed by atoms with E-state index in [9.17, 15) is 9.59 Å². The van der Waals surface area contributed by atoms with Crippen LogP contribution in [-0.4, -0.2) is 25.5 Å². The number of hydrogen-bond donors (Lipinski definition) is 1. The van der Waals surface area contributed by atoms with Gasteiger partial charge in [0.2, 0.25) is 0 Å². The Kier molecular flexibility index (Phi) is 6.63. The van der Waals surface area contributed by atoms with Gasteiger partial charge in [-0.25, -0.2) is 0 Å². The molecule has 1 N–H and O–H groups in total. The Morgan fingerprint density at radius 3 is 2.25 bits per heavy atom. The molecule has 0 saturated heterocycles. The molecule has 0 fully saturated rings. The van der Waals surface area contributed by atoms with Crippen molar-refractivity contribution >= 4 is 23.5 Å². The maximum absolute atomic E-state index is 11.9. The Labute approximate surface area is 145 Å². The van der Waals surface area contributed by atoms with Gasteiger partial charge in [0.25, 0.3) is 5.91 Å². The maximum Gasteiger partial charge on any atom is 0.311 e. The summed E-state index contributed by atoms with van der Waals surface area (Å²) in [5, 5.41) is 3.32. The van der Waals surface area contributed by atoms with Crippen LogP contribution in [0.4, 0.5) is 0 Å². The highest BCUT2D eigenvalue weighted by Crippen LogP contribution is 2.17. The molecule has 0 atom stereocenters. The van der Waals surface area contributed by atoms with Gasteiger partial charge >= 0.3 is 5.97 Å². The molecule has 1 amide bonds. The average molecular weight is 348 g/mol. The smallest absolute Gasteiger partial charge is 0.311 e. The van der Waals surface area contributed by atoms with E-state index in [1.165, 1.54) is 0 Å². The van der Waals surface area contributed by atoms with Crippen molar-refractivity contribution in [3.05, 3.63) is 59.1 Å². The van der Waals surface area contributed by atoms with E-state index in [0.717, 1.165) is 0 Å². The van der Waals surface area contributed by atoms with E-state index in [1.54, 1.807) is 55.6 Å². The fourth-order valence-electron chi connectivity index (χ4n) is 1.96. The van der Waals surface area contributed by atoms with Gasteiger partial charge < -0.3 is 14.8 Å². The summed E-state index contributed by atoms with van der Waals surface area (Å²) in [6, 6.07) is 13.4. The van der Waals surface area contributed by atoms with Crippen molar-refractivity contribution in [1.82, 2.24) is 5.32 Å². The van der Waals surface area contributed by atoms with E-state index in [4.69, 9.17) is 21.1 Å². The van der Waals surface area contributed by atoms with Gasteiger partial charge in [-0.1, -0.05) is 11.6 Å². The number of nitrogens with one attached hydrogen (secondary N) is 1. The lowest BCUT2D eigenvalue weighted by atomic mass is 10.2. The van der Waals surface area contributed by atoms with Crippen LogP contribution in [0, 0.1) is 0 Å². The standard InChI is InChI=1S/C18H18ClNO4/c1-23-15-8-10-16(11-9-15)24-17(21)3-2-12-20-18(22)13-4-6-14(19)7-5-13/h4-11H,2-3,12H2,1H3,(H,20,22). The molecule has 24 heavy (non-hydrogen) atoms. The highest BCUT2D eigenvalue weighted by molar-refractivity contribution is 6.30. The van der Waals surface area contributed by atoms with Gasteiger partial charge in [0, 0.05) is 23.6 Å². The van der Waals surface area contributed by atoms with Crippen molar-refractivity contribution < 1.29 is 19.1 Å². The molecular weight excluding hydrogens is 330 g/mol. The topological polar surface area (TPSA) is 64.6 Å². The number of hydrogen-bond acceptors (Lipinski definition) is 4. The molecule has 0 radical (unpaired) electrons. The average Bonchev–Trinajstić information content (AvgIpc) is 2.60. The van der Waals surface area contributed by atoms with Crippen LogP contribution in [0.5, 0.6) is 11.5 Å². The molecule has 2 aromatic carbocycles. The van der Waals surface area contributed by atoms with Crippen LogP contribution in [0.3, 0.4) is 0 Å². The molecule has 5 nitrogen and oxygen atoms in total. The first-order valence-electron chi connectivity index (χ1n) is 7.47. The largest absolute Gasteiger partial charge is 0.497 e. The molecule has 0 aromatic heterocycles. The lowest BCUT2D eigenvalue weighted by Gasteiger charge is -2.07. The van der Waals surface area contributed by atoms with E-state index in [2.05, 4.69) is 5.32 Å². The molecule has 0 aliphatic heterocycles. The summed E-state index contributed by atoms with van der Waals surface area (Å²) in [5.74, 6) is 0.613. The number of amides is 1. The number of benzene rings is 2. The summed E-state index contributed by atoms with van der Waals surface area (Å²) in [5.41, 5.74) is 0.528. The van der Waals surface area contributed by atoms with Crippen molar-refractivity contribution in [2.24, 2.45) is 0 Å². The summed E-state index contributed by atoms with van der Waals surface area (Å²) in [6.45, 7) is 0.388. The SMILES string of the molecule is COc1ccc(OC(=O)CCCNC(=O)c2ccc(Cl)cc2)cc1. The minimum Gasteiger partial charge on any atom is -0.497 e. The fourth-order valence-corrected chi connectivity index (χ4v) is 2.09. The van der Waals surface area contributed by atoms with Gasteiger partial charge in [0.1, 0.15) is 11.5 Å². The Hall–Kier alpha value is -2.53. The molecule has 6 heteroatoms. The first-order valence-corrected chi connectivity index (χ1v) is 7.85. The van der Waals surface area contributed by atoms with Crippen LogP contribution in [-0.2, 0) is 4.79 Å². The lowest BCUT2D eigenvalue weighted by Crippen LogP contribution is -2.25. The number of esters is 1. The van der Waals surface area contributed by atoms with Gasteiger partial charge in [0.15, 0.2) is 0 Å². The molecule has 0 aliphatic carbocycles. The van der Waals surface area contributed by atoms with Gasteiger partial charge in [-0.3, -0.25) is 9.59 Å². The summed E-state index contributed by atoms with van der Waals surface area (Å²) in [6.07, 6.45) is 0.710. The van der Waals surface area contributed by atoms with Crippen LogP contribution in [0.15, 0.2) is 48.5 Å². The van der Waals surface area contributed by atoms with Gasteiger partial charge in [0.05, 0.1) is 7.11 Å². The zero-order chi connectivity index (χ0) is 17.4. The van der Waals surface area contributed by atoms with Gasteiger partial charge in [-0.05, 0) is 55.0 Å². The van der Waals surface area contributed by atoms with Crippen LogP contribution in [0.2, 0.25) is 5.02 Å². The van der Waals surface area contributed by atoms with Gasteiger partial charge in [-0.2, -0.15) is 0 Å². The molecular formula is C18H18ClNO4. The van der Waals surface area contributed by atoms with E-state index in [-0.39, 0.29) is 18.3 Å². The van der Waals surface area contributed by atoms with E-state index in [1.807, 2.05) is 0 Å². The zero-order valence-corrected chi connectivity index (χ0v) is 14.0. The van der Waals surface area contributed by atoms with Crippen molar-refractivity contribution in [2.75, 3.05) is 13.7 Å². The van der Waals surface area contributed by atoms with E-state index >= 15 is 0 Å². The summed E-state index contributed by atoms with van der Waals surface area (Å²) in [4.78, 5) is 23.6. The quantitative estimate of drug-likeness (QED) is 0.473. The Bertz CT molecular complexity index is 683. The molecule has 0 bridgehead atoms. The third-order valence-corrected chi connectivity index (χ3v) is 3.49. The van der Waals surface area contributed by atoms with Crippen LogP contribution in [0.1, 0.15) is 23.2 Å². The molecule has 0 heterocycles. The molecule has 0 saturated carbocycles. The Morgan fingerprint density at radius 2 is 1.62 bits per heavy atom. The number of carbonyl (C=O) groups excluding carboxylic acids is 2. The molecule has 126 valence electrons. The second kappa shape index (κ2) is 8.93. The minimum atomic E-state index is -0.346. The summed E-state index contributed by atoms with van der Waals surface area (Å²) in [7, 11) is 1.57. The lowest BCUT2D eigenvalue weighted by molar-refractivity contribution is -0.134. The van der Waals surface area contributed by atoms with E-state index in [0.29, 0.717) is 35.1 Å². The normalized spacial score (nSPS) is 10.1. The maximum atomic E-state index is 11.9. The monoisotopic (exact) mass is 347 g/mol. The molecule has 0 spiro atoms. The number of ether oxygens (including phenoxy) is 2. The van der Waals surface area contributed by atoms with Crippen molar-refractivity contribution in [3.8, 4) is 11.5 Å². The summed E-state index contributed by atoms with van der Waals surface area (Å²) < 4.78 is 10.2. The number of halogens is 1. The Morgan fingerprint density at radius 1 is 1.00 bits per heavy atom. The van der Waals surface area contributed by atoms with Crippen molar-refractivity contribution in [2.45, 2.75) is 12.8 Å². The first-order chi connectivity index (χ1) is 11.6. The van der Waals surface area contributed by atoms with Gasteiger partial charge in [-0.15, -0.1) is 0 Å². The van der Waals surface area contributed by atoms with Crippen molar-refractivity contribution in [3.63, 3.8) is 0 Å². The third kappa shape index (κ3) is 5.59. The predicted molar refractivity (Wildman–Crippen MR) is 91.6 cm³/mol. The van der Waals surface area contributed by atoms with Crippen molar-refractivity contribution in [1.29, 1.82) is 0 Å². The van der Waals surface area contributed by atoms with E-state index < -0.39 is 0 Å². The van der Waals surface area contributed by atoms with Crippen LogP contribution in [0.25, 0.3) is 0 Å². The van der Waals surface area contributed by atoms with Crippen LogP contribution < -0.4 is 14.8 Å². The highest BCUT2D eigenvalue weighted by atomic mass is 35.5. The third-order valence-electron chi connectivity index (χ3n) is 3.24. The Balaban J connectivity index is 1.68. The summed E-state index contributed by atoms with van der Waals surface area (Å²) >= 11 is 5.77. The zero-order valence-electron chi connectivity index (χ0n) is 13.3. The molecule has 2 rings (SSSR count). The second-order valence-electron chi connectivity index (χ2n) is 5.02. The molecule has 0 aliphatic rings. The molecule has 2 aromatic rings. The minimum absolute atomic E-state index is 0.199. The molecule has 0 unspecified atom stereocenters. The number of rotatable bonds is 7. The predicted octanol–water partition coefficient (Wildman–Crippen LogP) is 3.46. The first kappa shape index (κ1) is 17.8. The second-order valence-corrected chi connectivity index (χ2v) is 5.45. The number of methoxy groups -OCH3 is 1. The fraction of sp³-hybridized carbons (Fsp3) is 0.222. The number of carbonyl (C=O) groups is 2.